The van der Waals surface area contributed by atoms with Crippen LogP contribution in [0.1, 0.15) is 46.0 Å². The fourth-order valence-corrected chi connectivity index (χ4v) is 4.42. The molecule has 2 aromatic carbocycles. The molecule has 5 heteroatoms. The van der Waals surface area contributed by atoms with Crippen LogP contribution in [-0.4, -0.2) is 29.1 Å². The minimum Gasteiger partial charge on any atom is -0.359 e. The lowest BCUT2D eigenvalue weighted by Gasteiger charge is -2.32. The van der Waals surface area contributed by atoms with Crippen LogP contribution >= 0.6 is 0 Å². The van der Waals surface area contributed by atoms with Crippen molar-refractivity contribution in [3.05, 3.63) is 77.0 Å². The molecule has 5 nitrogen and oxygen atoms in total. The van der Waals surface area contributed by atoms with E-state index < -0.39 is 0 Å². The lowest BCUT2D eigenvalue weighted by Crippen LogP contribution is -2.32. The van der Waals surface area contributed by atoms with Gasteiger partial charge in [0, 0.05) is 23.7 Å². The van der Waals surface area contributed by atoms with Crippen molar-refractivity contribution in [3.63, 3.8) is 0 Å². The molecule has 1 amide bonds. The van der Waals surface area contributed by atoms with Gasteiger partial charge in [-0.2, -0.15) is 0 Å². The Morgan fingerprint density at radius 3 is 2.71 bits per heavy atom. The second-order valence-corrected chi connectivity index (χ2v) is 7.65. The smallest absolute Gasteiger partial charge is 0.251 e. The van der Waals surface area contributed by atoms with Crippen molar-refractivity contribution < 1.29 is 9.32 Å². The van der Waals surface area contributed by atoms with Crippen molar-refractivity contribution in [2.45, 2.75) is 31.8 Å². The Bertz CT molecular complexity index is 988. The molecule has 0 bridgehead atoms. The molecule has 1 fully saturated rings. The summed E-state index contributed by atoms with van der Waals surface area (Å²) in [6.45, 7) is 3.51. The number of rotatable bonds is 4. The Kier molecular flexibility index (Phi) is 4.45. The van der Waals surface area contributed by atoms with E-state index in [1.54, 1.807) is 0 Å². The molecule has 1 aromatic heterocycles. The average Bonchev–Trinajstić information content (AvgIpc) is 3.36. The number of hydrogen-bond acceptors (Lipinski definition) is 4. The molecule has 2 aliphatic heterocycles. The van der Waals surface area contributed by atoms with Crippen molar-refractivity contribution in [1.29, 1.82) is 0 Å². The van der Waals surface area contributed by atoms with Gasteiger partial charge in [-0.05, 0) is 49.0 Å². The summed E-state index contributed by atoms with van der Waals surface area (Å²) in [7, 11) is 0. The predicted octanol–water partition coefficient (Wildman–Crippen LogP) is 3.96. The van der Waals surface area contributed by atoms with Crippen molar-refractivity contribution in [2.24, 2.45) is 0 Å². The van der Waals surface area contributed by atoms with E-state index in [-0.39, 0.29) is 5.91 Å². The van der Waals surface area contributed by atoms with Gasteiger partial charge in [0.25, 0.3) is 5.91 Å². The number of aromatic nitrogens is 1. The number of carbonyl (C=O) groups is 1. The molecule has 3 heterocycles. The first kappa shape index (κ1) is 17.2. The van der Waals surface area contributed by atoms with Gasteiger partial charge in [0.15, 0.2) is 5.76 Å². The Morgan fingerprint density at radius 2 is 1.89 bits per heavy atom. The van der Waals surface area contributed by atoms with E-state index >= 15 is 0 Å². The normalized spacial score (nSPS) is 17.5. The fraction of sp³-hybridized carbons (Fsp3) is 0.304. The van der Waals surface area contributed by atoms with Gasteiger partial charge in [-0.25, -0.2) is 0 Å². The molecular weight excluding hydrogens is 350 g/mol. The van der Waals surface area contributed by atoms with Gasteiger partial charge in [0.2, 0.25) is 0 Å². The highest BCUT2D eigenvalue weighted by atomic mass is 16.5. The molecular formula is C23H23N3O2. The summed E-state index contributed by atoms with van der Waals surface area (Å²) >= 11 is 0. The molecule has 28 heavy (non-hydrogen) atoms. The number of benzene rings is 2. The average molecular weight is 373 g/mol. The Morgan fingerprint density at radius 1 is 1.07 bits per heavy atom. The van der Waals surface area contributed by atoms with Gasteiger partial charge in [-0.1, -0.05) is 47.6 Å². The largest absolute Gasteiger partial charge is 0.359 e. The Hall–Kier alpha value is -2.92. The van der Waals surface area contributed by atoms with Gasteiger partial charge < -0.3 is 9.84 Å². The maximum Gasteiger partial charge on any atom is 0.251 e. The predicted molar refractivity (Wildman–Crippen MR) is 107 cm³/mol. The topological polar surface area (TPSA) is 58.4 Å². The van der Waals surface area contributed by atoms with Crippen LogP contribution in [-0.2, 0) is 13.1 Å². The van der Waals surface area contributed by atoms with Crippen molar-refractivity contribution >= 4 is 5.91 Å². The lowest BCUT2D eigenvalue weighted by molar-refractivity contribution is 0.0965. The van der Waals surface area contributed by atoms with Crippen LogP contribution in [0.5, 0.6) is 0 Å². The van der Waals surface area contributed by atoms with Gasteiger partial charge in [0.1, 0.15) is 5.69 Å². The van der Waals surface area contributed by atoms with Crippen LogP contribution in [0.3, 0.4) is 0 Å². The summed E-state index contributed by atoms with van der Waals surface area (Å²) in [6, 6.07) is 18.3. The molecule has 142 valence electrons. The number of carbonyl (C=O) groups excluding carboxylic acids is 1. The van der Waals surface area contributed by atoms with Gasteiger partial charge in [-0.15, -0.1) is 0 Å². The molecule has 0 radical (unpaired) electrons. The monoisotopic (exact) mass is 373 g/mol. The fourth-order valence-electron chi connectivity index (χ4n) is 4.42. The van der Waals surface area contributed by atoms with Crippen molar-refractivity contribution in [1.82, 2.24) is 15.4 Å². The highest BCUT2D eigenvalue weighted by Gasteiger charge is 2.28. The quantitative estimate of drug-likeness (QED) is 0.752. The lowest BCUT2D eigenvalue weighted by atomic mass is 9.85. The standard InChI is InChI=1S/C23H23N3O2/c27-23-20-8-4-7-19(21(20)14-24-23)16-9-11-26(12-10-16)15-18-13-22(25-28-18)17-5-2-1-3-6-17/h1-8,13,16H,9-12,14-15H2,(H,24,27). The summed E-state index contributed by atoms with van der Waals surface area (Å²) in [6.07, 6.45) is 2.20. The van der Waals surface area contributed by atoms with E-state index in [2.05, 4.69) is 21.4 Å². The zero-order valence-electron chi connectivity index (χ0n) is 15.7. The second kappa shape index (κ2) is 7.24. The number of likely N-dealkylation sites (tertiary alicyclic amines) is 1. The third kappa shape index (κ3) is 3.22. The van der Waals surface area contributed by atoms with E-state index in [4.69, 9.17) is 4.52 Å². The Labute approximate surface area is 164 Å². The Balaban J connectivity index is 1.23. The first-order chi connectivity index (χ1) is 13.8. The molecule has 0 atom stereocenters. The number of nitrogens with zero attached hydrogens (tertiary/aromatic N) is 2. The van der Waals surface area contributed by atoms with Crippen molar-refractivity contribution in [2.75, 3.05) is 13.1 Å². The molecule has 0 aliphatic carbocycles. The van der Waals surface area contributed by atoms with E-state index in [9.17, 15) is 4.79 Å². The summed E-state index contributed by atoms with van der Waals surface area (Å²) in [5.41, 5.74) is 5.38. The third-order valence-electron chi connectivity index (χ3n) is 5.92. The van der Waals surface area contributed by atoms with Gasteiger partial charge >= 0.3 is 0 Å². The number of nitrogens with one attached hydrogen (secondary N) is 1. The highest BCUT2D eigenvalue weighted by Crippen LogP contribution is 2.34. The summed E-state index contributed by atoms with van der Waals surface area (Å²) in [5, 5.41) is 7.17. The van der Waals surface area contributed by atoms with E-state index in [0.29, 0.717) is 12.5 Å². The minimum atomic E-state index is 0.0637. The molecule has 0 spiro atoms. The van der Waals surface area contributed by atoms with Crippen LogP contribution in [0.25, 0.3) is 11.3 Å². The van der Waals surface area contributed by atoms with Crippen LogP contribution in [0, 0.1) is 0 Å². The van der Waals surface area contributed by atoms with E-state index in [0.717, 1.165) is 55.1 Å². The van der Waals surface area contributed by atoms with Gasteiger partial charge in [-0.3, -0.25) is 9.69 Å². The molecule has 1 N–H and O–H groups in total. The van der Waals surface area contributed by atoms with Gasteiger partial charge in [0.05, 0.1) is 6.54 Å². The number of amides is 1. The molecule has 5 rings (SSSR count). The van der Waals surface area contributed by atoms with Crippen LogP contribution in [0.15, 0.2) is 59.1 Å². The van der Waals surface area contributed by atoms with Crippen molar-refractivity contribution in [3.8, 4) is 11.3 Å². The summed E-state index contributed by atoms with van der Waals surface area (Å²) < 4.78 is 5.57. The first-order valence-corrected chi connectivity index (χ1v) is 9.91. The van der Waals surface area contributed by atoms with E-state index in [1.807, 2.05) is 48.5 Å². The molecule has 3 aromatic rings. The van der Waals surface area contributed by atoms with Crippen LogP contribution < -0.4 is 5.32 Å². The zero-order chi connectivity index (χ0) is 18.9. The first-order valence-electron chi connectivity index (χ1n) is 9.91. The SMILES string of the molecule is O=C1NCc2c1cccc2C1CCN(Cc2cc(-c3ccccc3)no2)CC1. The maximum atomic E-state index is 11.9. The molecule has 2 aliphatic rings. The summed E-state index contributed by atoms with van der Waals surface area (Å²) in [4.78, 5) is 14.4. The second-order valence-electron chi connectivity index (χ2n) is 7.65. The maximum absolute atomic E-state index is 11.9. The third-order valence-corrected chi connectivity index (χ3v) is 5.92. The molecule has 0 unspecified atom stereocenters. The van der Waals surface area contributed by atoms with E-state index in [1.165, 1.54) is 11.1 Å². The molecule has 1 saturated heterocycles. The van der Waals surface area contributed by atoms with Crippen LogP contribution in [0.4, 0.5) is 0 Å². The molecule has 0 saturated carbocycles. The van der Waals surface area contributed by atoms with Crippen LogP contribution in [0.2, 0.25) is 0 Å². The minimum absolute atomic E-state index is 0.0637. The number of hydrogen-bond donors (Lipinski definition) is 1. The number of fused-ring (bicyclic) bond motifs is 1. The summed E-state index contributed by atoms with van der Waals surface area (Å²) in [5.74, 6) is 1.50. The zero-order valence-corrected chi connectivity index (χ0v) is 15.7. The number of piperidine rings is 1. The highest BCUT2D eigenvalue weighted by molar-refractivity contribution is 5.98.